The highest BCUT2D eigenvalue weighted by Crippen LogP contribution is 2.41. The zero-order chi connectivity index (χ0) is 14.5. The van der Waals surface area contributed by atoms with Gasteiger partial charge in [-0.3, -0.25) is 0 Å². The Bertz CT molecular complexity index is 308. The van der Waals surface area contributed by atoms with Gasteiger partial charge in [-0.1, -0.05) is 6.92 Å². The second-order valence-corrected chi connectivity index (χ2v) is 8.15. The van der Waals surface area contributed by atoms with Crippen molar-refractivity contribution in [3.63, 3.8) is 0 Å². The Morgan fingerprint density at radius 2 is 2.05 bits per heavy atom. The molecule has 3 aliphatic rings. The van der Waals surface area contributed by atoms with Crippen molar-refractivity contribution in [1.29, 1.82) is 0 Å². The van der Waals surface area contributed by atoms with E-state index in [1.54, 1.807) is 0 Å². The summed E-state index contributed by atoms with van der Waals surface area (Å²) >= 11 is 2.14. The van der Waals surface area contributed by atoms with Crippen molar-refractivity contribution in [2.24, 2.45) is 11.8 Å². The molecule has 0 aromatic carbocycles. The summed E-state index contributed by atoms with van der Waals surface area (Å²) in [5, 5.41) is 3.90. The fourth-order valence-electron chi connectivity index (χ4n) is 4.33. The molecular formula is C17H31NO2S. The van der Waals surface area contributed by atoms with Crippen molar-refractivity contribution >= 4 is 11.8 Å². The summed E-state index contributed by atoms with van der Waals surface area (Å²) in [6.45, 7) is 6.17. The summed E-state index contributed by atoms with van der Waals surface area (Å²) < 4.78 is 11.8. The number of thioether (sulfide) groups is 1. The van der Waals surface area contributed by atoms with Gasteiger partial charge in [0.25, 0.3) is 0 Å². The van der Waals surface area contributed by atoms with Gasteiger partial charge in [0, 0.05) is 25.9 Å². The molecule has 0 aromatic heterocycles. The van der Waals surface area contributed by atoms with E-state index in [0.29, 0.717) is 6.04 Å². The Balaban J connectivity index is 1.65. The van der Waals surface area contributed by atoms with E-state index in [4.69, 9.17) is 9.47 Å². The van der Waals surface area contributed by atoms with Gasteiger partial charge in [-0.15, -0.1) is 0 Å². The number of ether oxygens (including phenoxy) is 2. The highest BCUT2D eigenvalue weighted by atomic mass is 32.2. The Hall–Kier alpha value is 0.230. The second kappa shape index (κ2) is 7.67. The van der Waals surface area contributed by atoms with E-state index in [9.17, 15) is 0 Å². The maximum atomic E-state index is 6.24. The lowest BCUT2D eigenvalue weighted by atomic mass is 9.74. The first-order chi connectivity index (χ1) is 10.3. The molecule has 3 aliphatic heterocycles. The highest BCUT2D eigenvalue weighted by molar-refractivity contribution is 7.99. The van der Waals surface area contributed by atoms with Crippen LogP contribution < -0.4 is 5.32 Å². The monoisotopic (exact) mass is 313 g/mol. The van der Waals surface area contributed by atoms with Gasteiger partial charge in [0.2, 0.25) is 0 Å². The van der Waals surface area contributed by atoms with Gasteiger partial charge >= 0.3 is 0 Å². The lowest BCUT2D eigenvalue weighted by molar-refractivity contribution is -0.151. The van der Waals surface area contributed by atoms with Gasteiger partial charge in [0.05, 0.1) is 5.60 Å². The Labute approximate surface area is 133 Å². The van der Waals surface area contributed by atoms with Gasteiger partial charge in [-0.25, -0.2) is 0 Å². The third-order valence-electron chi connectivity index (χ3n) is 5.55. The fourth-order valence-corrected chi connectivity index (χ4v) is 5.64. The van der Waals surface area contributed by atoms with Crippen LogP contribution in [0.25, 0.3) is 0 Å². The smallest absolute Gasteiger partial charge is 0.0729 e. The first-order valence-electron chi connectivity index (χ1n) is 8.86. The predicted molar refractivity (Wildman–Crippen MR) is 89.0 cm³/mol. The van der Waals surface area contributed by atoms with Crippen LogP contribution in [0.2, 0.25) is 0 Å². The zero-order valence-electron chi connectivity index (χ0n) is 13.4. The average molecular weight is 314 g/mol. The number of hydrogen-bond acceptors (Lipinski definition) is 4. The quantitative estimate of drug-likeness (QED) is 0.845. The first-order valence-corrected chi connectivity index (χ1v) is 10.0. The average Bonchev–Trinajstić information content (AvgIpc) is 3.03. The van der Waals surface area contributed by atoms with Crippen molar-refractivity contribution in [2.75, 3.05) is 37.9 Å². The molecule has 3 fully saturated rings. The SMILES string of the molecule is CCCNC(C1CCSC1)C1CCOC2(CCOCC2)C1. The number of hydrogen-bond donors (Lipinski definition) is 1. The minimum absolute atomic E-state index is 0.138. The van der Waals surface area contributed by atoms with E-state index in [-0.39, 0.29) is 5.60 Å². The Morgan fingerprint density at radius 3 is 2.76 bits per heavy atom. The summed E-state index contributed by atoms with van der Waals surface area (Å²) in [6, 6.07) is 0.712. The van der Waals surface area contributed by atoms with Crippen molar-refractivity contribution in [3.8, 4) is 0 Å². The van der Waals surface area contributed by atoms with Crippen LogP contribution in [0.1, 0.15) is 45.4 Å². The molecule has 3 saturated heterocycles. The maximum Gasteiger partial charge on any atom is 0.0729 e. The maximum absolute atomic E-state index is 6.24. The largest absolute Gasteiger partial charge is 0.381 e. The van der Waals surface area contributed by atoms with Crippen LogP contribution in [0.3, 0.4) is 0 Å². The summed E-state index contributed by atoms with van der Waals surface area (Å²) in [5.74, 6) is 4.39. The van der Waals surface area contributed by atoms with Crippen LogP contribution in [0, 0.1) is 11.8 Å². The molecule has 3 nitrogen and oxygen atoms in total. The van der Waals surface area contributed by atoms with Gasteiger partial charge < -0.3 is 14.8 Å². The second-order valence-electron chi connectivity index (χ2n) is 7.00. The molecule has 0 aliphatic carbocycles. The third-order valence-corrected chi connectivity index (χ3v) is 6.73. The third kappa shape index (κ3) is 3.95. The molecule has 3 atom stereocenters. The normalized spacial score (nSPS) is 34.1. The van der Waals surface area contributed by atoms with Crippen molar-refractivity contribution < 1.29 is 9.47 Å². The van der Waals surface area contributed by atoms with E-state index in [0.717, 1.165) is 44.5 Å². The zero-order valence-corrected chi connectivity index (χ0v) is 14.3. The highest BCUT2D eigenvalue weighted by Gasteiger charge is 2.43. The van der Waals surface area contributed by atoms with E-state index < -0.39 is 0 Å². The molecule has 0 radical (unpaired) electrons. The van der Waals surface area contributed by atoms with Crippen molar-refractivity contribution in [1.82, 2.24) is 5.32 Å². The molecule has 1 spiro atoms. The summed E-state index contributed by atoms with van der Waals surface area (Å²) in [6.07, 6.45) is 7.33. The molecule has 0 bridgehead atoms. The molecule has 3 unspecified atom stereocenters. The van der Waals surface area contributed by atoms with E-state index in [2.05, 4.69) is 24.0 Å². The lowest BCUT2D eigenvalue weighted by Gasteiger charge is -2.46. The summed E-state index contributed by atoms with van der Waals surface area (Å²) in [7, 11) is 0. The summed E-state index contributed by atoms with van der Waals surface area (Å²) in [5.41, 5.74) is 0.138. The van der Waals surface area contributed by atoms with Crippen LogP contribution >= 0.6 is 11.8 Å². The lowest BCUT2D eigenvalue weighted by Crippen LogP contribution is -2.51. The molecule has 0 aromatic rings. The molecular weight excluding hydrogens is 282 g/mol. The van der Waals surface area contributed by atoms with Gasteiger partial charge in [-0.2, -0.15) is 11.8 Å². The Kier molecular flexibility index (Phi) is 5.88. The van der Waals surface area contributed by atoms with Gasteiger partial charge in [-0.05, 0) is 68.4 Å². The topological polar surface area (TPSA) is 30.5 Å². The van der Waals surface area contributed by atoms with Crippen LogP contribution in [0.15, 0.2) is 0 Å². The van der Waals surface area contributed by atoms with E-state index >= 15 is 0 Å². The molecule has 0 saturated carbocycles. The van der Waals surface area contributed by atoms with E-state index in [1.165, 1.54) is 43.7 Å². The molecule has 3 heterocycles. The van der Waals surface area contributed by atoms with Crippen LogP contribution in [0.5, 0.6) is 0 Å². The number of nitrogens with one attached hydrogen (secondary N) is 1. The van der Waals surface area contributed by atoms with Crippen LogP contribution in [0.4, 0.5) is 0 Å². The Morgan fingerprint density at radius 1 is 1.19 bits per heavy atom. The fraction of sp³-hybridized carbons (Fsp3) is 1.00. The molecule has 0 amide bonds. The standard InChI is InChI=1S/C17H31NO2S/c1-2-7-18-16(15-4-11-21-13-15)14-3-8-20-17(12-14)5-9-19-10-6-17/h14-16,18H,2-13H2,1H3. The van der Waals surface area contributed by atoms with E-state index in [1.807, 2.05) is 0 Å². The minimum Gasteiger partial charge on any atom is -0.381 e. The molecule has 21 heavy (non-hydrogen) atoms. The molecule has 1 N–H and O–H groups in total. The van der Waals surface area contributed by atoms with Crippen molar-refractivity contribution in [2.45, 2.75) is 57.1 Å². The molecule has 4 heteroatoms. The number of rotatable bonds is 5. The van der Waals surface area contributed by atoms with Gasteiger partial charge in [0.15, 0.2) is 0 Å². The van der Waals surface area contributed by atoms with Crippen molar-refractivity contribution in [3.05, 3.63) is 0 Å². The predicted octanol–water partition coefficient (Wildman–Crippen LogP) is 3.08. The molecule has 3 rings (SSSR count). The van der Waals surface area contributed by atoms with Crippen LogP contribution in [-0.4, -0.2) is 49.5 Å². The van der Waals surface area contributed by atoms with Crippen LogP contribution in [-0.2, 0) is 9.47 Å². The molecule has 122 valence electrons. The minimum atomic E-state index is 0.138. The summed E-state index contributed by atoms with van der Waals surface area (Å²) in [4.78, 5) is 0. The first kappa shape index (κ1) is 16.1. The van der Waals surface area contributed by atoms with Gasteiger partial charge in [0.1, 0.15) is 0 Å².